The van der Waals surface area contributed by atoms with Crippen LogP contribution < -0.4 is 0 Å². The molecule has 4 aromatic heterocycles. The van der Waals surface area contributed by atoms with Crippen LogP contribution in [-0.4, -0.2) is 48.5 Å². The quantitative estimate of drug-likeness (QED) is 0.523. The van der Waals surface area contributed by atoms with Gasteiger partial charge in [-0.2, -0.15) is 5.10 Å². The highest BCUT2D eigenvalue weighted by atomic mass is 35.5. The molecule has 8 heteroatoms. The summed E-state index contributed by atoms with van der Waals surface area (Å²) in [5, 5.41) is 5.75. The third-order valence-electron chi connectivity index (χ3n) is 5.24. The van der Waals surface area contributed by atoms with E-state index in [1.165, 1.54) is 0 Å². The van der Waals surface area contributed by atoms with Crippen LogP contribution in [0.15, 0.2) is 49.1 Å². The number of halogens is 1. The van der Waals surface area contributed by atoms with Gasteiger partial charge in [-0.15, -0.1) is 0 Å². The van der Waals surface area contributed by atoms with Gasteiger partial charge >= 0.3 is 0 Å². The van der Waals surface area contributed by atoms with Gasteiger partial charge in [0, 0.05) is 48.7 Å². The Morgan fingerprint density at radius 1 is 1.14 bits per heavy atom. The number of hydrogen-bond donors (Lipinski definition) is 0. The molecule has 1 aliphatic heterocycles. The van der Waals surface area contributed by atoms with Crippen LogP contribution in [0.5, 0.6) is 0 Å². The normalized spacial score (nSPS) is 15.4. The molecule has 0 bridgehead atoms. The Morgan fingerprint density at radius 3 is 2.86 bits per heavy atom. The van der Waals surface area contributed by atoms with Gasteiger partial charge in [0.05, 0.1) is 11.2 Å². The van der Waals surface area contributed by atoms with Crippen molar-refractivity contribution in [1.82, 2.24) is 29.5 Å². The fraction of sp³-hybridized carbons (Fsp3) is 0.250. The molecule has 5 rings (SSSR count). The van der Waals surface area contributed by atoms with Crippen molar-refractivity contribution in [2.75, 3.05) is 13.1 Å². The molecule has 1 fully saturated rings. The summed E-state index contributed by atoms with van der Waals surface area (Å²) in [6.07, 6.45) is 8.41. The first-order chi connectivity index (χ1) is 13.7. The summed E-state index contributed by atoms with van der Waals surface area (Å²) in [4.78, 5) is 28.1. The summed E-state index contributed by atoms with van der Waals surface area (Å²) in [6, 6.07) is 7.71. The Kier molecular flexibility index (Phi) is 4.16. The monoisotopic (exact) mass is 392 g/mol. The van der Waals surface area contributed by atoms with Crippen LogP contribution in [-0.2, 0) is 0 Å². The van der Waals surface area contributed by atoms with Crippen molar-refractivity contribution in [3.8, 4) is 0 Å². The van der Waals surface area contributed by atoms with Crippen molar-refractivity contribution in [2.24, 2.45) is 0 Å². The largest absolute Gasteiger partial charge is 0.338 e. The van der Waals surface area contributed by atoms with Gasteiger partial charge in [0.2, 0.25) is 0 Å². The van der Waals surface area contributed by atoms with E-state index in [-0.39, 0.29) is 5.91 Å². The molecule has 140 valence electrons. The number of amides is 1. The molecule has 0 aromatic carbocycles. The van der Waals surface area contributed by atoms with E-state index in [0.717, 1.165) is 23.9 Å². The highest BCUT2D eigenvalue weighted by Gasteiger charge is 2.27. The summed E-state index contributed by atoms with van der Waals surface area (Å²) >= 11 is 5.99. The number of aromatic nitrogens is 5. The van der Waals surface area contributed by atoms with E-state index in [1.807, 2.05) is 23.1 Å². The first-order valence-electron chi connectivity index (χ1n) is 9.19. The van der Waals surface area contributed by atoms with Gasteiger partial charge in [0.1, 0.15) is 5.56 Å². The number of hydrogen-bond acceptors (Lipinski definition) is 5. The Balaban J connectivity index is 1.32. The molecule has 1 saturated heterocycles. The maximum absolute atomic E-state index is 12.9. The van der Waals surface area contributed by atoms with Crippen LogP contribution in [0.4, 0.5) is 0 Å². The van der Waals surface area contributed by atoms with E-state index >= 15 is 0 Å². The number of nitrogens with zero attached hydrogens (tertiary/aromatic N) is 6. The molecular weight excluding hydrogens is 376 g/mol. The van der Waals surface area contributed by atoms with E-state index in [9.17, 15) is 4.79 Å². The molecule has 0 unspecified atom stereocenters. The van der Waals surface area contributed by atoms with Crippen molar-refractivity contribution in [2.45, 2.75) is 18.8 Å². The van der Waals surface area contributed by atoms with Crippen molar-refractivity contribution in [3.05, 3.63) is 65.3 Å². The Bertz CT molecular complexity index is 1180. The average Bonchev–Trinajstić information content (AvgIpc) is 3.17. The molecule has 0 N–H and O–H groups in total. The SMILES string of the molecule is O=C(c1cnn2cccnc12)N1CCC(c2ccc3cc(Cl)cnc3n2)CC1. The van der Waals surface area contributed by atoms with E-state index < -0.39 is 0 Å². The number of pyridine rings is 2. The summed E-state index contributed by atoms with van der Waals surface area (Å²) in [7, 11) is 0. The molecule has 1 aliphatic rings. The first kappa shape index (κ1) is 17.1. The number of carbonyl (C=O) groups excluding carboxylic acids is 1. The Morgan fingerprint density at radius 2 is 2.00 bits per heavy atom. The predicted octanol–water partition coefficient (Wildman–Crippen LogP) is 3.35. The van der Waals surface area contributed by atoms with Crippen molar-refractivity contribution in [3.63, 3.8) is 0 Å². The highest BCUT2D eigenvalue weighted by molar-refractivity contribution is 6.31. The van der Waals surface area contributed by atoms with Gasteiger partial charge in [0.15, 0.2) is 11.3 Å². The lowest BCUT2D eigenvalue weighted by Crippen LogP contribution is -2.38. The second-order valence-corrected chi connectivity index (χ2v) is 7.39. The van der Waals surface area contributed by atoms with Gasteiger partial charge in [-0.25, -0.2) is 19.5 Å². The lowest BCUT2D eigenvalue weighted by atomic mass is 9.92. The topological polar surface area (TPSA) is 76.3 Å². The smallest absolute Gasteiger partial charge is 0.259 e. The van der Waals surface area contributed by atoms with Crippen molar-refractivity contribution >= 4 is 34.2 Å². The van der Waals surface area contributed by atoms with E-state index in [1.54, 1.807) is 35.4 Å². The fourth-order valence-corrected chi connectivity index (χ4v) is 3.92. The Labute approximate surface area is 166 Å². The molecule has 0 radical (unpaired) electrons. The minimum absolute atomic E-state index is 0.0186. The standard InChI is InChI=1S/C20H17ClN6O/c21-15-10-14-2-3-17(25-18(14)23-11-15)13-4-8-26(9-5-13)20(28)16-12-24-27-7-1-6-22-19(16)27/h1-3,6-7,10-13H,4-5,8-9H2. The first-order valence-corrected chi connectivity index (χ1v) is 9.57. The number of rotatable bonds is 2. The van der Waals surface area contributed by atoms with Crippen LogP contribution in [0.1, 0.15) is 34.8 Å². The fourth-order valence-electron chi connectivity index (χ4n) is 3.75. The van der Waals surface area contributed by atoms with Gasteiger partial charge in [0.25, 0.3) is 5.91 Å². The Hall–Kier alpha value is -3.06. The summed E-state index contributed by atoms with van der Waals surface area (Å²) in [5.74, 6) is 0.294. The van der Waals surface area contributed by atoms with Crippen LogP contribution in [0.2, 0.25) is 5.02 Å². The third-order valence-corrected chi connectivity index (χ3v) is 5.45. The second kappa shape index (κ2) is 6.83. The minimum atomic E-state index is -0.0186. The van der Waals surface area contributed by atoms with Gasteiger partial charge < -0.3 is 4.90 Å². The van der Waals surface area contributed by atoms with E-state index in [0.29, 0.717) is 40.9 Å². The molecular formula is C20H17ClN6O. The molecule has 0 aliphatic carbocycles. The zero-order valence-electron chi connectivity index (χ0n) is 15.0. The number of carbonyl (C=O) groups is 1. The predicted molar refractivity (Wildman–Crippen MR) is 105 cm³/mol. The van der Waals surface area contributed by atoms with Crippen LogP contribution in [0.3, 0.4) is 0 Å². The molecule has 5 heterocycles. The lowest BCUT2D eigenvalue weighted by molar-refractivity contribution is 0.0714. The molecule has 4 aromatic rings. The van der Waals surface area contributed by atoms with Crippen LogP contribution >= 0.6 is 11.6 Å². The van der Waals surface area contributed by atoms with Crippen molar-refractivity contribution < 1.29 is 4.79 Å². The highest BCUT2D eigenvalue weighted by Crippen LogP contribution is 2.29. The zero-order valence-corrected chi connectivity index (χ0v) is 15.8. The number of fused-ring (bicyclic) bond motifs is 2. The van der Waals surface area contributed by atoms with Gasteiger partial charge in [-0.1, -0.05) is 11.6 Å². The van der Waals surface area contributed by atoms with Crippen LogP contribution in [0.25, 0.3) is 16.7 Å². The lowest BCUT2D eigenvalue weighted by Gasteiger charge is -2.31. The van der Waals surface area contributed by atoms with Gasteiger partial charge in [-0.3, -0.25) is 4.79 Å². The number of likely N-dealkylation sites (tertiary alicyclic amines) is 1. The molecule has 0 saturated carbocycles. The summed E-state index contributed by atoms with van der Waals surface area (Å²) < 4.78 is 1.62. The zero-order chi connectivity index (χ0) is 19.1. The van der Waals surface area contributed by atoms with E-state index in [2.05, 4.69) is 15.1 Å². The van der Waals surface area contributed by atoms with Crippen LogP contribution in [0, 0.1) is 0 Å². The second-order valence-electron chi connectivity index (χ2n) is 6.95. The minimum Gasteiger partial charge on any atom is -0.338 e. The van der Waals surface area contributed by atoms with Crippen molar-refractivity contribution in [1.29, 1.82) is 0 Å². The van der Waals surface area contributed by atoms with E-state index in [4.69, 9.17) is 16.6 Å². The molecule has 1 amide bonds. The molecule has 28 heavy (non-hydrogen) atoms. The number of piperidine rings is 1. The molecule has 0 atom stereocenters. The summed E-state index contributed by atoms with van der Waals surface area (Å²) in [6.45, 7) is 1.36. The summed E-state index contributed by atoms with van der Waals surface area (Å²) in [5.41, 5.74) is 2.87. The maximum atomic E-state index is 12.9. The van der Waals surface area contributed by atoms with Gasteiger partial charge in [-0.05, 0) is 37.1 Å². The maximum Gasteiger partial charge on any atom is 0.259 e. The molecule has 0 spiro atoms. The molecule has 7 nitrogen and oxygen atoms in total. The third kappa shape index (κ3) is 2.97. The average molecular weight is 393 g/mol.